The second-order valence-electron chi connectivity index (χ2n) is 5.85. The predicted molar refractivity (Wildman–Crippen MR) is 84.7 cm³/mol. The molecule has 1 atom stereocenters. The first-order chi connectivity index (χ1) is 11.6. The van der Waals surface area contributed by atoms with Gasteiger partial charge in [0.2, 0.25) is 0 Å². The van der Waals surface area contributed by atoms with Gasteiger partial charge in [-0.2, -0.15) is 5.10 Å². The third-order valence-electron chi connectivity index (χ3n) is 4.04. The zero-order valence-corrected chi connectivity index (χ0v) is 13.6. The molecule has 0 spiro atoms. The van der Waals surface area contributed by atoms with Crippen LogP contribution in [0.4, 0.5) is 8.78 Å². The topological polar surface area (TPSA) is 50.4 Å². The summed E-state index contributed by atoms with van der Waals surface area (Å²) >= 11 is 0. The molecule has 1 aliphatic heterocycles. The number of aromatic nitrogens is 2. The van der Waals surface area contributed by atoms with Gasteiger partial charge in [-0.3, -0.25) is 10.00 Å². The minimum atomic E-state index is -0.887. The molecule has 1 aliphatic rings. The average Bonchev–Trinajstić information content (AvgIpc) is 3.01. The summed E-state index contributed by atoms with van der Waals surface area (Å²) in [5.41, 5.74) is 2.08. The molecule has 130 valence electrons. The summed E-state index contributed by atoms with van der Waals surface area (Å²) in [6.45, 7) is 6.31. The number of halogens is 2. The van der Waals surface area contributed by atoms with E-state index in [-0.39, 0.29) is 0 Å². The summed E-state index contributed by atoms with van der Waals surface area (Å²) in [6, 6.07) is 5.66. The van der Waals surface area contributed by atoms with Gasteiger partial charge in [0.25, 0.3) is 0 Å². The molecule has 2 heterocycles. The van der Waals surface area contributed by atoms with Crippen LogP contribution in [0, 0.1) is 18.6 Å². The van der Waals surface area contributed by atoms with Crippen molar-refractivity contribution in [3.8, 4) is 0 Å². The normalized spacial score (nSPS) is 17.1. The molecular weight excluding hydrogens is 316 g/mol. The molecule has 1 aromatic heterocycles. The Hall–Kier alpha value is -1.83. The molecular formula is C17H21F2N3O2. The van der Waals surface area contributed by atoms with E-state index in [1.165, 1.54) is 12.1 Å². The summed E-state index contributed by atoms with van der Waals surface area (Å²) in [7, 11) is 0. The number of morpholine rings is 1. The summed E-state index contributed by atoms with van der Waals surface area (Å²) in [5.74, 6) is -1.76. The summed E-state index contributed by atoms with van der Waals surface area (Å²) in [5, 5.41) is 7.07. The molecule has 0 amide bonds. The van der Waals surface area contributed by atoms with Gasteiger partial charge in [-0.15, -0.1) is 0 Å². The fourth-order valence-electron chi connectivity index (χ4n) is 2.73. The number of ether oxygens (including phenoxy) is 2. The van der Waals surface area contributed by atoms with Crippen LogP contribution < -0.4 is 0 Å². The highest BCUT2D eigenvalue weighted by atomic mass is 19.2. The molecule has 3 rings (SSSR count). The Bertz CT molecular complexity index is 672. The summed E-state index contributed by atoms with van der Waals surface area (Å²) < 4.78 is 38.1. The van der Waals surface area contributed by atoms with E-state index in [0.29, 0.717) is 17.9 Å². The van der Waals surface area contributed by atoms with Crippen molar-refractivity contribution in [2.24, 2.45) is 0 Å². The van der Waals surface area contributed by atoms with E-state index in [9.17, 15) is 8.78 Å². The minimum absolute atomic E-state index is 0.468. The van der Waals surface area contributed by atoms with Crippen molar-refractivity contribution >= 4 is 0 Å². The monoisotopic (exact) mass is 337 g/mol. The number of nitrogens with zero attached hydrogens (tertiary/aromatic N) is 2. The first kappa shape index (κ1) is 17.0. The Morgan fingerprint density at radius 2 is 2.04 bits per heavy atom. The van der Waals surface area contributed by atoms with Crippen LogP contribution in [0.15, 0.2) is 24.3 Å². The lowest BCUT2D eigenvalue weighted by Gasteiger charge is -2.27. The molecule has 0 aliphatic carbocycles. The number of hydrogen-bond acceptors (Lipinski definition) is 4. The largest absolute Gasteiger partial charge is 0.379 e. The van der Waals surface area contributed by atoms with Crippen LogP contribution in [0.5, 0.6) is 0 Å². The van der Waals surface area contributed by atoms with Gasteiger partial charge >= 0.3 is 0 Å². The molecule has 2 aromatic rings. The Labute approximate surface area is 139 Å². The lowest BCUT2D eigenvalue weighted by Crippen LogP contribution is -2.38. The predicted octanol–water partition coefficient (Wildman–Crippen LogP) is 2.43. The lowest BCUT2D eigenvalue weighted by atomic mass is 10.1. The van der Waals surface area contributed by atoms with Gasteiger partial charge in [-0.1, -0.05) is 6.07 Å². The molecule has 0 saturated carbocycles. The molecule has 7 heteroatoms. The highest BCUT2D eigenvalue weighted by Crippen LogP contribution is 2.26. The van der Waals surface area contributed by atoms with Crippen molar-refractivity contribution in [1.29, 1.82) is 0 Å². The smallest absolute Gasteiger partial charge is 0.159 e. The van der Waals surface area contributed by atoms with E-state index in [4.69, 9.17) is 9.47 Å². The number of aromatic amines is 1. The molecule has 1 aromatic carbocycles. The number of hydrogen-bond donors (Lipinski definition) is 1. The van der Waals surface area contributed by atoms with Crippen molar-refractivity contribution in [2.45, 2.75) is 13.0 Å². The van der Waals surface area contributed by atoms with E-state index in [0.717, 1.165) is 44.6 Å². The number of rotatable bonds is 6. The zero-order valence-electron chi connectivity index (χ0n) is 13.6. The minimum Gasteiger partial charge on any atom is -0.379 e. The molecule has 1 fully saturated rings. The van der Waals surface area contributed by atoms with Crippen LogP contribution >= 0.6 is 0 Å². The van der Waals surface area contributed by atoms with Crippen LogP contribution in [0.1, 0.15) is 23.1 Å². The van der Waals surface area contributed by atoms with Crippen molar-refractivity contribution in [3.63, 3.8) is 0 Å². The fourth-order valence-corrected chi connectivity index (χ4v) is 2.73. The number of benzene rings is 1. The highest BCUT2D eigenvalue weighted by molar-refractivity contribution is 5.27. The van der Waals surface area contributed by atoms with E-state index in [2.05, 4.69) is 15.1 Å². The highest BCUT2D eigenvalue weighted by Gasteiger charge is 2.20. The van der Waals surface area contributed by atoms with Crippen LogP contribution in [0.3, 0.4) is 0 Å². The van der Waals surface area contributed by atoms with Crippen molar-refractivity contribution in [3.05, 3.63) is 52.9 Å². The maximum atomic E-state index is 13.6. The quantitative estimate of drug-likeness (QED) is 0.880. The molecule has 1 unspecified atom stereocenters. The van der Waals surface area contributed by atoms with Crippen molar-refractivity contribution in [2.75, 3.05) is 39.5 Å². The van der Waals surface area contributed by atoms with Gasteiger partial charge in [-0.25, -0.2) is 8.78 Å². The zero-order chi connectivity index (χ0) is 16.9. The van der Waals surface area contributed by atoms with E-state index < -0.39 is 17.7 Å². The SMILES string of the molecule is Cc1cc(C(OCCN2CCOCC2)c2ccc(F)c(F)c2)n[nH]1. The van der Waals surface area contributed by atoms with Crippen LogP contribution in [0.25, 0.3) is 0 Å². The number of H-pyrrole nitrogens is 1. The van der Waals surface area contributed by atoms with Gasteiger partial charge in [0.15, 0.2) is 11.6 Å². The second-order valence-corrected chi connectivity index (χ2v) is 5.85. The summed E-state index contributed by atoms with van der Waals surface area (Å²) in [4.78, 5) is 2.25. The van der Waals surface area contributed by atoms with E-state index in [1.807, 2.05) is 13.0 Å². The van der Waals surface area contributed by atoms with Gasteiger partial charge in [0.05, 0.1) is 25.5 Å². The first-order valence-corrected chi connectivity index (χ1v) is 8.02. The fraction of sp³-hybridized carbons (Fsp3) is 0.471. The summed E-state index contributed by atoms with van der Waals surface area (Å²) in [6.07, 6.45) is -0.536. The maximum Gasteiger partial charge on any atom is 0.159 e. The molecule has 0 bridgehead atoms. The maximum absolute atomic E-state index is 13.6. The van der Waals surface area contributed by atoms with Crippen LogP contribution in [-0.2, 0) is 9.47 Å². The molecule has 1 saturated heterocycles. The Morgan fingerprint density at radius 1 is 1.25 bits per heavy atom. The number of nitrogens with one attached hydrogen (secondary N) is 1. The molecule has 24 heavy (non-hydrogen) atoms. The van der Waals surface area contributed by atoms with E-state index in [1.54, 1.807) is 0 Å². The lowest BCUT2D eigenvalue weighted by molar-refractivity contribution is 0.00890. The Morgan fingerprint density at radius 3 is 2.71 bits per heavy atom. The van der Waals surface area contributed by atoms with E-state index >= 15 is 0 Å². The molecule has 1 N–H and O–H groups in total. The van der Waals surface area contributed by atoms with Gasteiger partial charge in [-0.05, 0) is 30.7 Å². The Kier molecular flexibility index (Phi) is 5.55. The van der Waals surface area contributed by atoms with Gasteiger partial charge in [0, 0.05) is 25.3 Å². The third-order valence-corrected chi connectivity index (χ3v) is 4.04. The molecule has 0 radical (unpaired) electrons. The first-order valence-electron chi connectivity index (χ1n) is 8.02. The standard InChI is InChI=1S/C17H21F2N3O2/c1-12-10-16(21-20-12)17(13-2-3-14(18)15(19)11-13)24-9-6-22-4-7-23-8-5-22/h2-3,10-11,17H,4-9H2,1H3,(H,20,21). The van der Waals surface area contributed by atoms with Gasteiger partial charge < -0.3 is 9.47 Å². The number of aryl methyl sites for hydroxylation is 1. The Balaban J connectivity index is 1.71. The van der Waals surface area contributed by atoms with Gasteiger partial charge in [0.1, 0.15) is 6.10 Å². The van der Waals surface area contributed by atoms with Crippen LogP contribution in [0.2, 0.25) is 0 Å². The van der Waals surface area contributed by atoms with Crippen molar-refractivity contribution in [1.82, 2.24) is 15.1 Å². The molecule has 5 nitrogen and oxygen atoms in total. The van der Waals surface area contributed by atoms with Crippen molar-refractivity contribution < 1.29 is 18.3 Å². The third kappa shape index (κ3) is 4.17. The van der Waals surface area contributed by atoms with Crippen LogP contribution in [-0.4, -0.2) is 54.6 Å². The second kappa shape index (κ2) is 7.83. The average molecular weight is 337 g/mol.